The molecule has 0 radical (unpaired) electrons. The van der Waals surface area contributed by atoms with E-state index in [-0.39, 0.29) is 11.8 Å². The Morgan fingerprint density at radius 1 is 1.05 bits per heavy atom. The summed E-state index contributed by atoms with van der Waals surface area (Å²) in [4.78, 5) is 23.5. The fourth-order valence-electron chi connectivity index (χ4n) is 3.34. The first-order valence-corrected chi connectivity index (χ1v) is 6.73. The maximum absolute atomic E-state index is 13.6. The third-order valence-corrected chi connectivity index (χ3v) is 4.33. The van der Waals surface area contributed by atoms with Crippen LogP contribution in [0.5, 0.6) is 0 Å². The zero-order valence-electron chi connectivity index (χ0n) is 11.2. The summed E-state index contributed by atoms with van der Waals surface area (Å²) in [6, 6.07) is 1.58. The van der Waals surface area contributed by atoms with Crippen LogP contribution in [-0.4, -0.2) is 11.9 Å². The van der Waals surface area contributed by atoms with Crippen LogP contribution in [0.25, 0.3) is 0 Å². The Kier molecular flexibility index (Phi) is 3.42. The second-order valence-corrected chi connectivity index (χ2v) is 5.53. The van der Waals surface area contributed by atoms with Crippen LogP contribution in [0.15, 0.2) is 24.3 Å². The molecule has 1 aromatic carbocycles. The monoisotopic (exact) mass is 310 g/mol. The normalized spacial score (nSPS) is 28.9. The molecule has 1 aromatic rings. The van der Waals surface area contributed by atoms with Gasteiger partial charge in [0.25, 0.3) is 0 Å². The minimum absolute atomic E-state index is 0.277. The van der Waals surface area contributed by atoms with Crippen molar-refractivity contribution >= 4 is 17.6 Å². The molecular weight excluding hydrogens is 299 g/mol. The van der Waals surface area contributed by atoms with Gasteiger partial charge in [0.05, 0.1) is 11.6 Å². The summed E-state index contributed by atoms with van der Waals surface area (Å²) in [6.07, 6.45) is 3.99. The first-order valence-electron chi connectivity index (χ1n) is 6.73. The Morgan fingerprint density at radius 2 is 1.68 bits per heavy atom. The molecule has 2 bridgehead atoms. The number of rotatable bonds is 3. The molecule has 2 aliphatic carbocycles. The Morgan fingerprint density at radius 3 is 2.32 bits per heavy atom. The molecule has 4 nitrogen and oxygen atoms in total. The van der Waals surface area contributed by atoms with Gasteiger partial charge in [0.1, 0.15) is 0 Å². The van der Waals surface area contributed by atoms with Crippen molar-refractivity contribution in [1.29, 1.82) is 0 Å². The second kappa shape index (κ2) is 5.15. The number of fused-ring (bicyclic) bond motifs is 2. The van der Waals surface area contributed by atoms with Gasteiger partial charge in [0, 0.05) is 11.9 Å². The van der Waals surface area contributed by atoms with Gasteiger partial charge in [-0.15, -0.1) is 0 Å². The van der Waals surface area contributed by atoms with E-state index in [1.54, 1.807) is 12.2 Å². The number of halogens is 3. The first-order chi connectivity index (χ1) is 10.4. The van der Waals surface area contributed by atoms with Crippen LogP contribution in [0.1, 0.15) is 6.42 Å². The predicted octanol–water partition coefficient (Wildman–Crippen LogP) is 1.23. The van der Waals surface area contributed by atoms with Gasteiger partial charge in [0.2, 0.25) is 5.91 Å². The zero-order chi connectivity index (χ0) is 16.0. The van der Waals surface area contributed by atoms with Gasteiger partial charge in [-0.2, -0.15) is 0 Å². The van der Waals surface area contributed by atoms with E-state index in [0.29, 0.717) is 12.5 Å². The quantitative estimate of drug-likeness (QED) is 0.674. The fourth-order valence-corrected chi connectivity index (χ4v) is 3.34. The van der Waals surface area contributed by atoms with Crippen molar-refractivity contribution in [2.75, 3.05) is 5.32 Å². The van der Waals surface area contributed by atoms with Gasteiger partial charge in [-0.05, 0) is 30.4 Å². The van der Waals surface area contributed by atoms with E-state index in [2.05, 4.69) is 5.32 Å². The summed E-state index contributed by atoms with van der Waals surface area (Å²) in [5.41, 5.74) is -0.521. The summed E-state index contributed by atoms with van der Waals surface area (Å²) >= 11 is 0. The van der Waals surface area contributed by atoms with Gasteiger partial charge in [-0.1, -0.05) is 12.2 Å². The highest BCUT2D eigenvalue weighted by atomic mass is 19.2. The van der Waals surface area contributed by atoms with E-state index in [1.807, 2.05) is 0 Å². The lowest BCUT2D eigenvalue weighted by molar-refractivity contribution is -0.313. The highest BCUT2D eigenvalue weighted by Gasteiger charge is 2.48. The van der Waals surface area contributed by atoms with Gasteiger partial charge in [0.15, 0.2) is 17.5 Å². The summed E-state index contributed by atoms with van der Waals surface area (Å²) in [6.45, 7) is 0. The number of carbonyl (C=O) groups excluding carboxylic acids is 2. The maximum Gasteiger partial charge on any atom is 0.228 e. The molecule has 0 aromatic heterocycles. The molecule has 3 rings (SSSR count). The summed E-state index contributed by atoms with van der Waals surface area (Å²) < 4.78 is 39.6. The average Bonchev–Trinajstić information content (AvgIpc) is 3.08. The number of carboxylic acids is 1. The number of anilines is 1. The number of carbonyl (C=O) groups is 2. The van der Waals surface area contributed by atoms with Crippen molar-refractivity contribution in [2.45, 2.75) is 6.42 Å². The topological polar surface area (TPSA) is 69.2 Å². The van der Waals surface area contributed by atoms with Crippen molar-refractivity contribution in [2.24, 2.45) is 23.7 Å². The molecule has 2 aliphatic rings. The molecule has 1 saturated carbocycles. The van der Waals surface area contributed by atoms with Crippen LogP contribution in [0.3, 0.4) is 0 Å². The Bertz CT molecular complexity index is 689. The number of hydrogen-bond acceptors (Lipinski definition) is 3. The average molecular weight is 310 g/mol. The summed E-state index contributed by atoms with van der Waals surface area (Å²) in [5, 5.41) is 13.4. The Labute approximate surface area is 123 Å². The Hall–Kier alpha value is -2.31. The van der Waals surface area contributed by atoms with Crippen LogP contribution in [0.4, 0.5) is 18.9 Å². The fraction of sp³-hybridized carbons (Fsp3) is 0.333. The lowest BCUT2D eigenvalue weighted by atomic mass is 9.82. The highest BCUT2D eigenvalue weighted by molar-refractivity contribution is 5.96. The lowest BCUT2D eigenvalue weighted by Crippen LogP contribution is -2.43. The predicted molar refractivity (Wildman–Crippen MR) is 67.7 cm³/mol. The largest absolute Gasteiger partial charge is 0.550 e. The molecule has 116 valence electrons. The van der Waals surface area contributed by atoms with E-state index in [1.165, 1.54) is 0 Å². The third kappa shape index (κ3) is 2.17. The summed E-state index contributed by atoms with van der Waals surface area (Å²) in [7, 11) is 0. The van der Waals surface area contributed by atoms with Crippen LogP contribution in [0.2, 0.25) is 0 Å². The Balaban J connectivity index is 1.85. The highest BCUT2D eigenvalue weighted by Crippen LogP contribution is 2.48. The van der Waals surface area contributed by atoms with Gasteiger partial charge in [-0.3, -0.25) is 4.79 Å². The standard InChI is InChI=1S/C15H12F3NO3/c16-8-3-4-9(13(18)12(8)17)19-14(20)10-6-1-2-7(5-6)11(10)15(21)22/h1-4,6-7,10-11H,5H2,(H,19,20)(H,21,22)/p-1/t6-,7-,10-,11-/m0/s1. The molecule has 0 unspecified atom stereocenters. The van der Waals surface area contributed by atoms with Gasteiger partial charge < -0.3 is 15.2 Å². The van der Waals surface area contributed by atoms with Crippen LogP contribution in [-0.2, 0) is 9.59 Å². The molecule has 22 heavy (non-hydrogen) atoms. The van der Waals surface area contributed by atoms with E-state index < -0.39 is 46.9 Å². The minimum atomic E-state index is -1.69. The van der Waals surface area contributed by atoms with Crippen molar-refractivity contribution in [1.82, 2.24) is 0 Å². The van der Waals surface area contributed by atoms with Gasteiger partial charge in [-0.25, -0.2) is 13.2 Å². The minimum Gasteiger partial charge on any atom is -0.550 e. The van der Waals surface area contributed by atoms with E-state index in [4.69, 9.17) is 0 Å². The smallest absolute Gasteiger partial charge is 0.228 e. The van der Waals surface area contributed by atoms with E-state index in [9.17, 15) is 27.9 Å². The number of hydrogen-bond donors (Lipinski definition) is 1. The molecular formula is C15H11F3NO3-. The first kappa shape index (κ1) is 14.6. The maximum atomic E-state index is 13.6. The third-order valence-electron chi connectivity index (χ3n) is 4.33. The van der Waals surface area contributed by atoms with Crippen LogP contribution in [0, 0.1) is 41.1 Å². The van der Waals surface area contributed by atoms with Gasteiger partial charge >= 0.3 is 0 Å². The van der Waals surface area contributed by atoms with E-state index in [0.717, 1.165) is 6.07 Å². The lowest BCUT2D eigenvalue weighted by Gasteiger charge is -2.27. The number of aliphatic carboxylic acids is 1. The SMILES string of the molecule is O=C([O-])[C@@H]1[C@@H](C(=O)Nc2ccc(F)c(F)c2F)[C@H]2C=C[C@H]1C2. The molecule has 7 heteroatoms. The molecule has 0 aliphatic heterocycles. The second-order valence-electron chi connectivity index (χ2n) is 5.53. The molecule has 0 spiro atoms. The number of carboxylic acid groups (broad SMARTS) is 1. The molecule has 1 N–H and O–H groups in total. The number of amides is 1. The van der Waals surface area contributed by atoms with Crippen molar-refractivity contribution in [3.63, 3.8) is 0 Å². The number of nitrogens with one attached hydrogen (secondary N) is 1. The summed E-state index contributed by atoms with van der Waals surface area (Å²) in [5.74, 6) is -9.14. The number of allylic oxidation sites excluding steroid dienone is 2. The van der Waals surface area contributed by atoms with Crippen molar-refractivity contribution in [3.8, 4) is 0 Å². The molecule has 1 fully saturated rings. The van der Waals surface area contributed by atoms with Crippen molar-refractivity contribution in [3.05, 3.63) is 41.7 Å². The van der Waals surface area contributed by atoms with Crippen LogP contribution >= 0.6 is 0 Å². The van der Waals surface area contributed by atoms with Crippen molar-refractivity contribution < 1.29 is 27.9 Å². The molecule has 0 saturated heterocycles. The number of benzene rings is 1. The van der Waals surface area contributed by atoms with E-state index >= 15 is 0 Å². The molecule has 1 amide bonds. The molecule has 4 atom stereocenters. The zero-order valence-corrected chi connectivity index (χ0v) is 11.2. The molecule has 0 heterocycles. The van der Waals surface area contributed by atoms with Crippen LogP contribution < -0.4 is 10.4 Å².